The Morgan fingerprint density at radius 1 is 1.44 bits per heavy atom. The first-order valence-electron chi connectivity index (χ1n) is 8.22. The molecule has 0 aliphatic carbocycles. The van der Waals surface area contributed by atoms with Crippen molar-refractivity contribution >= 4 is 34.3 Å². The first kappa shape index (κ1) is 20.0. The number of carbonyl (C=O) groups is 1. The molecule has 1 aliphatic heterocycles. The van der Waals surface area contributed by atoms with Gasteiger partial charge in [-0.2, -0.15) is 11.8 Å². The molecule has 0 fully saturated rings. The lowest BCUT2D eigenvalue weighted by Gasteiger charge is -2.31. The maximum atomic E-state index is 13.5. The molecule has 0 radical (unpaired) electrons. The fraction of sp³-hybridized carbons (Fsp3) is 0.474. The van der Waals surface area contributed by atoms with Gasteiger partial charge in [-0.05, 0) is 37.7 Å². The van der Waals surface area contributed by atoms with Crippen molar-refractivity contribution in [3.63, 3.8) is 0 Å². The molecule has 0 aromatic carbocycles. The summed E-state index contributed by atoms with van der Waals surface area (Å²) < 4.78 is 13.5. The summed E-state index contributed by atoms with van der Waals surface area (Å²) in [6.45, 7) is 6.02. The Kier molecular flexibility index (Phi) is 6.74. The van der Waals surface area contributed by atoms with Gasteiger partial charge in [0.2, 0.25) is 5.91 Å². The number of hydrogen-bond acceptors (Lipinski definition) is 4. The van der Waals surface area contributed by atoms with Crippen LogP contribution in [0.2, 0.25) is 0 Å². The van der Waals surface area contributed by atoms with E-state index in [0.717, 1.165) is 34.1 Å². The lowest BCUT2D eigenvalue weighted by Crippen LogP contribution is -2.39. The molecule has 0 N–H and O–H groups in total. The smallest absolute Gasteiger partial charge is 0.233 e. The predicted octanol–water partition coefficient (Wildman–Crippen LogP) is 5.17. The molecule has 0 saturated heterocycles. The fourth-order valence-corrected chi connectivity index (χ4v) is 4.79. The molecule has 0 bridgehead atoms. The summed E-state index contributed by atoms with van der Waals surface area (Å²) in [5.41, 5.74) is 1.50. The van der Waals surface area contributed by atoms with E-state index in [2.05, 4.69) is 18.0 Å². The highest BCUT2D eigenvalue weighted by molar-refractivity contribution is 8.11. The van der Waals surface area contributed by atoms with E-state index in [0.29, 0.717) is 0 Å². The van der Waals surface area contributed by atoms with Crippen LogP contribution in [0, 0.1) is 11.2 Å². The van der Waals surface area contributed by atoms with Crippen LogP contribution < -0.4 is 0 Å². The van der Waals surface area contributed by atoms with E-state index >= 15 is 0 Å². The molecule has 2 heterocycles. The zero-order chi connectivity index (χ0) is 18.6. The molecule has 0 unspecified atom stereocenters. The molecule has 3 nitrogen and oxygen atoms in total. The van der Waals surface area contributed by atoms with E-state index in [1.165, 1.54) is 29.6 Å². The van der Waals surface area contributed by atoms with Crippen LogP contribution in [-0.2, 0) is 4.79 Å². The third-order valence-corrected chi connectivity index (χ3v) is 6.55. The average Bonchev–Trinajstić information content (AvgIpc) is 2.75. The van der Waals surface area contributed by atoms with Crippen LogP contribution >= 0.6 is 23.5 Å². The van der Waals surface area contributed by atoms with Crippen LogP contribution in [0.4, 0.5) is 4.39 Å². The second-order valence-corrected chi connectivity index (χ2v) is 8.76. The minimum absolute atomic E-state index is 0.0994. The summed E-state index contributed by atoms with van der Waals surface area (Å²) in [5.74, 6) is 0.516. The second kappa shape index (κ2) is 8.41. The SMILES string of the molecule is CSCC(C)(C)C(=O)N(C)C1=C(C)CCC=C(c2cncc(F)c2)S1. The van der Waals surface area contributed by atoms with E-state index in [4.69, 9.17) is 0 Å². The van der Waals surface area contributed by atoms with Gasteiger partial charge in [0.05, 0.1) is 16.6 Å². The van der Waals surface area contributed by atoms with Gasteiger partial charge in [-0.15, -0.1) is 0 Å². The highest BCUT2D eigenvalue weighted by Gasteiger charge is 2.32. The summed E-state index contributed by atoms with van der Waals surface area (Å²) in [6.07, 6.45) is 8.73. The van der Waals surface area contributed by atoms with Crippen molar-refractivity contribution in [2.45, 2.75) is 33.6 Å². The largest absolute Gasteiger partial charge is 0.309 e. The number of hydrogen-bond donors (Lipinski definition) is 0. The van der Waals surface area contributed by atoms with E-state index < -0.39 is 5.41 Å². The monoisotopic (exact) mass is 380 g/mol. The van der Waals surface area contributed by atoms with E-state index in [1.54, 1.807) is 22.9 Å². The second-order valence-electron chi connectivity index (χ2n) is 6.87. The third-order valence-electron chi connectivity index (χ3n) is 4.10. The maximum absolute atomic E-state index is 13.5. The third kappa shape index (κ3) is 4.88. The van der Waals surface area contributed by atoms with Gasteiger partial charge in [-0.3, -0.25) is 9.78 Å². The Bertz CT molecular complexity index is 713. The van der Waals surface area contributed by atoms with Crippen LogP contribution in [-0.4, -0.2) is 34.8 Å². The number of aromatic nitrogens is 1. The van der Waals surface area contributed by atoms with E-state index in [9.17, 15) is 9.18 Å². The lowest BCUT2D eigenvalue weighted by molar-refractivity contribution is -0.135. The molecule has 1 aromatic rings. The minimum atomic E-state index is -0.432. The van der Waals surface area contributed by atoms with Gasteiger partial charge >= 0.3 is 0 Å². The molecule has 136 valence electrons. The molecule has 0 saturated carbocycles. The number of rotatable bonds is 5. The normalized spacial score (nSPS) is 15.7. The van der Waals surface area contributed by atoms with Crippen molar-refractivity contribution in [3.8, 4) is 0 Å². The summed E-state index contributed by atoms with van der Waals surface area (Å²) >= 11 is 3.20. The van der Waals surface area contributed by atoms with Crippen molar-refractivity contribution in [2.75, 3.05) is 19.1 Å². The Hall–Kier alpha value is -1.27. The van der Waals surface area contributed by atoms with Gasteiger partial charge in [0.1, 0.15) is 5.82 Å². The summed E-state index contributed by atoms with van der Waals surface area (Å²) in [5, 5.41) is 0.937. The molecule has 25 heavy (non-hydrogen) atoms. The summed E-state index contributed by atoms with van der Waals surface area (Å²) in [7, 11) is 1.84. The van der Waals surface area contributed by atoms with Gasteiger partial charge in [0.25, 0.3) is 0 Å². The standard InChI is InChI=1S/C19H25FN2OS2/c1-13-7-6-8-16(14-9-15(20)11-21-10-14)25-17(13)22(4)18(23)19(2,3)12-24-5/h8-11H,6-7,12H2,1-5H3. The predicted molar refractivity (Wildman–Crippen MR) is 107 cm³/mol. The van der Waals surface area contributed by atoms with Gasteiger partial charge in [-0.25, -0.2) is 4.39 Å². The lowest BCUT2D eigenvalue weighted by atomic mass is 9.94. The molecule has 1 amide bonds. The minimum Gasteiger partial charge on any atom is -0.309 e. The van der Waals surface area contributed by atoms with Crippen molar-refractivity contribution in [1.29, 1.82) is 0 Å². The highest BCUT2D eigenvalue weighted by Crippen LogP contribution is 2.41. The molecular formula is C19H25FN2OS2. The molecular weight excluding hydrogens is 355 g/mol. The number of pyridine rings is 1. The van der Waals surface area contributed by atoms with Crippen molar-refractivity contribution < 1.29 is 9.18 Å². The molecule has 2 rings (SSSR count). The zero-order valence-electron chi connectivity index (χ0n) is 15.4. The number of carbonyl (C=O) groups excluding carboxylic acids is 1. The number of amides is 1. The first-order valence-corrected chi connectivity index (χ1v) is 10.4. The van der Waals surface area contributed by atoms with Crippen LogP contribution in [0.25, 0.3) is 4.91 Å². The Labute approximate surface area is 158 Å². The molecule has 6 heteroatoms. The van der Waals surface area contributed by atoms with Crippen LogP contribution in [0.15, 0.2) is 35.1 Å². The quantitative estimate of drug-likeness (QED) is 0.706. The number of allylic oxidation sites excluding steroid dienone is 2. The highest BCUT2D eigenvalue weighted by atomic mass is 32.2. The van der Waals surface area contributed by atoms with Gasteiger partial charge in [-0.1, -0.05) is 31.7 Å². The maximum Gasteiger partial charge on any atom is 0.233 e. The molecule has 1 aromatic heterocycles. The summed E-state index contributed by atoms with van der Waals surface area (Å²) in [6, 6.07) is 1.49. The summed E-state index contributed by atoms with van der Waals surface area (Å²) in [4.78, 5) is 19.6. The topological polar surface area (TPSA) is 33.2 Å². The Morgan fingerprint density at radius 2 is 2.16 bits per heavy atom. The number of nitrogens with zero attached hydrogens (tertiary/aromatic N) is 2. The fourth-order valence-electron chi connectivity index (χ4n) is 2.81. The molecule has 0 spiro atoms. The van der Waals surface area contributed by atoms with Gasteiger partial charge < -0.3 is 4.90 Å². The van der Waals surface area contributed by atoms with Crippen LogP contribution in [0.5, 0.6) is 0 Å². The van der Waals surface area contributed by atoms with Crippen LogP contribution in [0.1, 0.15) is 39.2 Å². The van der Waals surface area contributed by atoms with E-state index in [1.807, 2.05) is 27.2 Å². The van der Waals surface area contributed by atoms with Crippen molar-refractivity contribution in [1.82, 2.24) is 9.88 Å². The number of thioether (sulfide) groups is 2. The van der Waals surface area contributed by atoms with E-state index in [-0.39, 0.29) is 11.7 Å². The Morgan fingerprint density at radius 3 is 2.80 bits per heavy atom. The van der Waals surface area contributed by atoms with Crippen molar-refractivity contribution in [3.05, 3.63) is 46.5 Å². The first-order chi connectivity index (χ1) is 11.8. The zero-order valence-corrected chi connectivity index (χ0v) is 17.1. The average molecular weight is 381 g/mol. The van der Waals surface area contributed by atoms with Gasteiger partial charge in [0, 0.05) is 29.5 Å². The van der Waals surface area contributed by atoms with Crippen LogP contribution in [0.3, 0.4) is 0 Å². The molecule has 1 aliphatic rings. The molecule has 0 atom stereocenters. The number of halogens is 1. The van der Waals surface area contributed by atoms with Crippen molar-refractivity contribution in [2.24, 2.45) is 5.41 Å². The Balaban J connectivity index is 2.30. The van der Waals surface area contributed by atoms with Gasteiger partial charge in [0.15, 0.2) is 0 Å².